The van der Waals surface area contributed by atoms with E-state index >= 15 is 0 Å². The summed E-state index contributed by atoms with van der Waals surface area (Å²) in [5, 5.41) is 0. The monoisotopic (exact) mass is 500 g/mol. The maximum atomic E-state index is 12.0. The molecule has 0 N–H and O–H groups in total. The fourth-order valence-electron chi connectivity index (χ4n) is 2.45. The molecule has 0 aromatic heterocycles. The summed E-state index contributed by atoms with van der Waals surface area (Å²) in [6.45, 7) is 16.9. The average molecular weight is 501 g/mol. The second-order valence-corrected chi connectivity index (χ2v) is 9.18. The molecule has 0 aliphatic heterocycles. The summed E-state index contributed by atoms with van der Waals surface area (Å²) in [5.74, 6) is -1.08. The van der Waals surface area contributed by atoms with Gasteiger partial charge in [0, 0.05) is 11.1 Å². The molecule has 0 saturated carbocycles. The third kappa shape index (κ3) is 16.3. The van der Waals surface area contributed by atoms with Crippen molar-refractivity contribution in [1.82, 2.24) is 0 Å². The lowest BCUT2D eigenvalue weighted by atomic mass is 9.94. The number of hydrogen-bond donors (Lipinski definition) is 0. The first-order valence-electron chi connectivity index (χ1n) is 11.6. The molecule has 0 saturated heterocycles. The second kappa shape index (κ2) is 15.8. The fraction of sp³-hybridized carbons (Fsp3) is 0.680. The molecule has 0 bridgehead atoms. The summed E-state index contributed by atoms with van der Waals surface area (Å²) in [7, 11) is 0. The van der Waals surface area contributed by atoms with Gasteiger partial charge in [-0.05, 0) is 60.3 Å². The third-order valence-electron chi connectivity index (χ3n) is 4.59. The van der Waals surface area contributed by atoms with Gasteiger partial charge in [0.05, 0.1) is 0 Å². The molecule has 10 nitrogen and oxygen atoms in total. The van der Waals surface area contributed by atoms with Crippen LogP contribution in [0.4, 0.5) is 9.59 Å². The maximum absolute atomic E-state index is 12.0. The smallest absolute Gasteiger partial charge is 0.459 e. The number of hydrogen-bond acceptors (Lipinski definition) is 10. The van der Waals surface area contributed by atoms with Gasteiger partial charge in [-0.2, -0.15) is 0 Å². The summed E-state index contributed by atoms with van der Waals surface area (Å²) in [6.07, 6.45) is 1.25. The van der Waals surface area contributed by atoms with E-state index in [1.807, 2.05) is 6.92 Å². The molecule has 35 heavy (non-hydrogen) atoms. The number of ether oxygens (including phenoxy) is 6. The Hall–Kier alpha value is -3.04. The summed E-state index contributed by atoms with van der Waals surface area (Å²) < 4.78 is 30.3. The quantitative estimate of drug-likeness (QED) is 0.123. The molecular weight excluding hydrogens is 460 g/mol. The lowest BCUT2D eigenvalue weighted by Crippen LogP contribution is -2.35. The molecule has 0 rings (SSSR count). The minimum atomic E-state index is -0.913. The van der Waals surface area contributed by atoms with E-state index in [0.29, 0.717) is 24.8 Å². The zero-order chi connectivity index (χ0) is 27.1. The molecule has 0 atom stereocenters. The van der Waals surface area contributed by atoms with Crippen molar-refractivity contribution in [2.45, 2.75) is 84.8 Å². The van der Waals surface area contributed by atoms with Crippen LogP contribution in [0.2, 0.25) is 0 Å². The summed E-state index contributed by atoms with van der Waals surface area (Å²) >= 11 is 0. The van der Waals surface area contributed by atoms with E-state index in [-0.39, 0.29) is 32.0 Å². The third-order valence-corrected chi connectivity index (χ3v) is 4.59. The van der Waals surface area contributed by atoms with Crippen molar-refractivity contribution >= 4 is 24.2 Å². The highest BCUT2D eigenvalue weighted by Gasteiger charge is 2.31. The number of esters is 2. The predicted octanol–water partition coefficient (Wildman–Crippen LogP) is 5.04. The molecule has 0 unspecified atom stereocenters. The van der Waals surface area contributed by atoms with Crippen LogP contribution in [-0.2, 0) is 38.0 Å². The van der Waals surface area contributed by atoms with Gasteiger partial charge in [0.25, 0.3) is 0 Å². The zero-order valence-electron chi connectivity index (χ0n) is 21.9. The van der Waals surface area contributed by atoms with Crippen LogP contribution < -0.4 is 0 Å². The van der Waals surface area contributed by atoms with Crippen molar-refractivity contribution in [2.24, 2.45) is 0 Å². The minimum Gasteiger partial charge on any atom is -0.459 e. The second-order valence-electron chi connectivity index (χ2n) is 9.18. The number of carbonyl (C=O) groups is 4. The topological polar surface area (TPSA) is 124 Å². The van der Waals surface area contributed by atoms with Crippen LogP contribution in [0.25, 0.3) is 0 Å². The standard InChI is InChI=1S/C25H40O10/c1-9-10-11-19(4)21(27)31-15-17-33-23(29)35-25(7,8)13-12-24(5,6)34-22(28)32-16-14-30-20(26)18(2)3/h2,4,9-17H2,1,3,5-8H3. The lowest BCUT2D eigenvalue weighted by Gasteiger charge is -2.30. The zero-order valence-corrected chi connectivity index (χ0v) is 21.9. The van der Waals surface area contributed by atoms with Crippen molar-refractivity contribution in [1.29, 1.82) is 0 Å². The van der Waals surface area contributed by atoms with E-state index < -0.39 is 35.5 Å². The Bertz CT molecular complexity index is 751. The summed E-state index contributed by atoms with van der Waals surface area (Å²) in [5.41, 5.74) is -1.20. The largest absolute Gasteiger partial charge is 0.508 e. The normalized spacial score (nSPS) is 11.1. The van der Waals surface area contributed by atoms with Crippen molar-refractivity contribution < 1.29 is 47.6 Å². The summed E-state index contributed by atoms with van der Waals surface area (Å²) in [6, 6.07) is 0. The molecule has 0 fully saturated rings. The van der Waals surface area contributed by atoms with Gasteiger partial charge in [-0.15, -0.1) is 0 Å². The van der Waals surface area contributed by atoms with Crippen molar-refractivity contribution in [3.63, 3.8) is 0 Å². The highest BCUT2D eigenvalue weighted by Crippen LogP contribution is 2.25. The molecule has 0 amide bonds. The molecule has 0 aliphatic rings. The van der Waals surface area contributed by atoms with E-state index in [1.54, 1.807) is 27.7 Å². The van der Waals surface area contributed by atoms with Gasteiger partial charge >= 0.3 is 24.2 Å². The molecular formula is C25H40O10. The van der Waals surface area contributed by atoms with Gasteiger partial charge in [0.1, 0.15) is 37.6 Å². The molecule has 0 aliphatic carbocycles. The molecule has 0 heterocycles. The fourth-order valence-corrected chi connectivity index (χ4v) is 2.45. The van der Waals surface area contributed by atoms with Gasteiger partial charge in [-0.1, -0.05) is 26.5 Å². The Morgan fingerprint density at radius 1 is 0.686 bits per heavy atom. The van der Waals surface area contributed by atoms with E-state index in [2.05, 4.69) is 13.2 Å². The molecule has 0 aromatic rings. The predicted molar refractivity (Wildman–Crippen MR) is 128 cm³/mol. The van der Waals surface area contributed by atoms with E-state index in [1.165, 1.54) is 6.92 Å². The van der Waals surface area contributed by atoms with Crippen LogP contribution in [0.5, 0.6) is 0 Å². The van der Waals surface area contributed by atoms with Crippen molar-refractivity contribution in [3.8, 4) is 0 Å². The van der Waals surface area contributed by atoms with Crippen molar-refractivity contribution in [3.05, 3.63) is 24.3 Å². The molecule has 0 radical (unpaired) electrons. The first-order chi connectivity index (χ1) is 16.2. The van der Waals surface area contributed by atoms with Crippen LogP contribution >= 0.6 is 0 Å². The van der Waals surface area contributed by atoms with Crippen LogP contribution in [0, 0.1) is 0 Å². The van der Waals surface area contributed by atoms with Gasteiger partial charge < -0.3 is 28.4 Å². The highest BCUT2D eigenvalue weighted by molar-refractivity contribution is 5.87. The van der Waals surface area contributed by atoms with E-state index in [9.17, 15) is 19.2 Å². The van der Waals surface area contributed by atoms with Gasteiger partial charge in [0.15, 0.2) is 0 Å². The lowest BCUT2D eigenvalue weighted by molar-refractivity contribution is -0.141. The van der Waals surface area contributed by atoms with Gasteiger partial charge in [-0.25, -0.2) is 19.2 Å². The van der Waals surface area contributed by atoms with Gasteiger partial charge in [-0.3, -0.25) is 0 Å². The SMILES string of the molecule is C=C(C)C(=O)OCCOC(=O)OC(C)(C)CCC(C)(C)OC(=O)OCCOC(=O)C(=C)CCCC. The Balaban J connectivity index is 4.24. The minimum absolute atomic E-state index is 0.102. The Labute approximate surface area is 207 Å². The van der Waals surface area contributed by atoms with Crippen molar-refractivity contribution in [2.75, 3.05) is 26.4 Å². The molecule has 0 spiro atoms. The maximum Gasteiger partial charge on any atom is 0.508 e. The van der Waals surface area contributed by atoms with Crippen LogP contribution in [0.1, 0.15) is 73.6 Å². The Morgan fingerprint density at radius 3 is 1.49 bits per heavy atom. The van der Waals surface area contributed by atoms with Crippen LogP contribution in [0.3, 0.4) is 0 Å². The molecule has 200 valence electrons. The number of unbranched alkanes of at least 4 members (excludes halogenated alkanes) is 1. The Kier molecular flexibility index (Phi) is 14.4. The number of rotatable bonds is 16. The van der Waals surface area contributed by atoms with E-state index in [0.717, 1.165) is 12.8 Å². The van der Waals surface area contributed by atoms with Crippen LogP contribution in [0.15, 0.2) is 24.3 Å². The van der Waals surface area contributed by atoms with E-state index in [4.69, 9.17) is 28.4 Å². The number of carbonyl (C=O) groups excluding carboxylic acids is 4. The first kappa shape index (κ1) is 32.0. The highest BCUT2D eigenvalue weighted by atomic mass is 16.7. The molecule has 10 heteroatoms. The van der Waals surface area contributed by atoms with Gasteiger partial charge in [0.2, 0.25) is 0 Å². The summed E-state index contributed by atoms with van der Waals surface area (Å²) in [4.78, 5) is 46.9. The van der Waals surface area contributed by atoms with Crippen LogP contribution in [-0.4, -0.2) is 61.9 Å². The molecule has 0 aromatic carbocycles. The average Bonchev–Trinajstić information content (AvgIpc) is 2.75. The Morgan fingerprint density at radius 2 is 1.09 bits per heavy atom. The first-order valence-corrected chi connectivity index (χ1v) is 11.6.